The van der Waals surface area contributed by atoms with Crippen molar-refractivity contribution in [3.05, 3.63) is 98.8 Å². The summed E-state index contributed by atoms with van der Waals surface area (Å²) in [6, 6.07) is 21.4. The van der Waals surface area contributed by atoms with Gasteiger partial charge in [-0.3, -0.25) is 4.79 Å². The number of hydrogen-bond acceptors (Lipinski definition) is 4. The number of hydrogen-bond donors (Lipinski definition) is 2. The van der Waals surface area contributed by atoms with Gasteiger partial charge in [0.1, 0.15) is 12.3 Å². The summed E-state index contributed by atoms with van der Waals surface area (Å²) < 4.78 is 12.4. The number of amides is 1. The van der Waals surface area contributed by atoms with Crippen molar-refractivity contribution in [3.63, 3.8) is 0 Å². The number of carbonyl (C=O) groups excluding carboxylic acids is 1. The molecule has 1 amide bonds. The molecule has 0 aromatic heterocycles. The highest BCUT2D eigenvalue weighted by Gasteiger charge is 2.14. The third-order valence-corrected chi connectivity index (χ3v) is 4.97. The molecule has 0 heterocycles. The maximum atomic E-state index is 12.3. The van der Waals surface area contributed by atoms with Gasteiger partial charge < -0.3 is 19.9 Å². The molecule has 3 aromatic carbocycles. The highest BCUT2D eigenvalue weighted by Crippen LogP contribution is 2.29. The van der Waals surface area contributed by atoms with Crippen LogP contribution in [0, 0.1) is 3.57 Å². The maximum Gasteiger partial charge on any atom is 0.352 e. The van der Waals surface area contributed by atoms with Gasteiger partial charge in [0, 0.05) is 9.13 Å². The van der Waals surface area contributed by atoms with E-state index in [2.05, 4.69) is 27.9 Å². The Kier molecular flexibility index (Phi) is 7.66. The molecule has 0 spiro atoms. The van der Waals surface area contributed by atoms with Gasteiger partial charge in [-0.2, -0.15) is 0 Å². The fraction of sp³-hybridized carbons (Fsp3) is 0.0833. The highest BCUT2D eigenvalue weighted by atomic mass is 127. The fourth-order valence-corrected chi connectivity index (χ4v) is 3.39. The predicted octanol–water partition coefficient (Wildman–Crippen LogP) is 4.73. The Bertz CT molecular complexity index is 1110. The molecule has 0 unspecified atom stereocenters. The molecular weight excluding hydrogens is 509 g/mol. The van der Waals surface area contributed by atoms with E-state index in [0.29, 0.717) is 29.2 Å². The SMILES string of the molecule is COc1cc(C=C(NC(=O)c2ccccc2)C(=O)O)ccc1OCc1cccc(I)c1. The Morgan fingerprint density at radius 3 is 2.45 bits per heavy atom. The molecule has 2 N–H and O–H groups in total. The summed E-state index contributed by atoms with van der Waals surface area (Å²) in [6.45, 7) is 0.371. The van der Waals surface area contributed by atoms with Crippen molar-refractivity contribution < 1.29 is 24.2 Å². The number of carbonyl (C=O) groups is 2. The third-order valence-electron chi connectivity index (χ3n) is 4.30. The fourth-order valence-electron chi connectivity index (χ4n) is 2.78. The molecule has 158 valence electrons. The van der Waals surface area contributed by atoms with Crippen LogP contribution in [-0.4, -0.2) is 24.1 Å². The first-order valence-corrected chi connectivity index (χ1v) is 10.4. The summed E-state index contributed by atoms with van der Waals surface area (Å²) in [6.07, 6.45) is 1.37. The van der Waals surface area contributed by atoms with Gasteiger partial charge in [-0.15, -0.1) is 0 Å². The Morgan fingerprint density at radius 1 is 1.00 bits per heavy atom. The van der Waals surface area contributed by atoms with Crippen molar-refractivity contribution in [2.45, 2.75) is 6.61 Å². The van der Waals surface area contributed by atoms with Crippen molar-refractivity contribution in [2.75, 3.05) is 7.11 Å². The molecule has 7 heteroatoms. The Hall–Kier alpha value is -3.33. The number of halogens is 1. The first-order valence-electron chi connectivity index (χ1n) is 9.33. The van der Waals surface area contributed by atoms with Crippen molar-refractivity contribution in [2.24, 2.45) is 0 Å². The number of carboxylic acids is 1. The summed E-state index contributed by atoms with van der Waals surface area (Å²) in [7, 11) is 1.51. The van der Waals surface area contributed by atoms with E-state index in [0.717, 1.165) is 9.13 Å². The number of ether oxygens (including phenoxy) is 2. The second kappa shape index (κ2) is 10.6. The first kappa shape index (κ1) is 22.4. The van der Waals surface area contributed by atoms with Gasteiger partial charge in [-0.25, -0.2) is 4.79 Å². The minimum Gasteiger partial charge on any atom is -0.493 e. The van der Waals surface area contributed by atoms with Crippen molar-refractivity contribution in [1.29, 1.82) is 0 Å². The van der Waals surface area contributed by atoms with E-state index in [-0.39, 0.29) is 5.70 Å². The lowest BCUT2D eigenvalue weighted by molar-refractivity contribution is -0.132. The summed E-state index contributed by atoms with van der Waals surface area (Å²) in [4.78, 5) is 23.9. The minimum absolute atomic E-state index is 0.247. The first-order chi connectivity index (χ1) is 15.0. The second-order valence-corrected chi connectivity index (χ2v) is 7.76. The van der Waals surface area contributed by atoms with Crippen molar-refractivity contribution in [3.8, 4) is 11.5 Å². The van der Waals surface area contributed by atoms with E-state index in [1.54, 1.807) is 48.5 Å². The highest BCUT2D eigenvalue weighted by molar-refractivity contribution is 14.1. The molecule has 0 aliphatic carbocycles. The number of methoxy groups -OCH3 is 1. The minimum atomic E-state index is -1.25. The van der Waals surface area contributed by atoms with E-state index >= 15 is 0 Å². The summed E-state index contributed by atoms with van der Waals surface area (Å²) >= 11 is 2.24. The Morgan fingerprint density at radius 2 is 1.77 bits per heavy atom. The second-order valence-electron chi connectivity index (χ2n) is 6.51. The van der Waals surface area contributed by atoms with Crippen LogP contribution in [0.25, 0.3) is 6.08 Å². The quantitative estimate of drug-likeness (QED) is 0.326. The van der Waals surface area contributed by atoms with Crippen molar-refractivity contribution in [1.82, 2.24) is 5.32 Å². The smallest absolute Gasteiger partial charge is 0.352 e. The maximum absolute atomic E-state index is 12.3. The van der Waals surface area contributed by atoms with Crippen LogP contribution < -0.4 is 14.8 Å². The molecule has 0 atom stereocenters. The average Bonchev–Trinajstić information content (AvgIpc) is 2.78. The van der Waals surface area contributed by atoms with Crippen molar-refractivity contribution >= 4 is 40.5 Å². The molecule has 0 fully saturated rings. The average molecular weight is 529 g/mol. The summed E-state index contributed by atoms with van der Waals surface area (Å²) in [5.41, 5.74) is 1.69. The molecule has 0 radical (unpaired) electrons. The molecule has 3 aromatic rings. The van der Waals surface area contributed by atoms with Crippen LogP contribution in [-0.2, 0) is 11.4 Å². The van der Waals surface area contributed by atoms with Gasteiger partial charge in [-0.05, 0) is 76.2 Å². The standard InChI is InChI=1S/C24H20INO5/c1-30-22-14-16(10-11-21(22)31-15-17-6-5-9-19(25)12-17)13-20(24(28)29)26-23(27)18-7-3-2-4-8-18/h2-14H,15H2,1H3,(H,26,27)(H,28,29). The van der Waals surface area contributed by atoms with Crippen LogP contribution in [0.1, 0.15) is 21.5 Å². The van der Waals surface area contributed by atoms with Gasteiger partial charge >= 0.3 is 5.97 Å². The summed E-state index contributed by atoms with van der Waals surface area (Å²) in [5.74, 6) is -0.761. The molecule has 0 saturated heterocycles. The molecule has 6 nitrogen and oxygen atoms in total. The number of aliphatic carboxylic acids is 1. The number of carboxylic acid groups (broad SMARTS) is 1. The molecule has 0 bridgehead atoms. The molecule has 0 aliphatic heterocycles. The lowest BCUT2D eigenvalue weighted by Gasteiger charge is -2.12. The Labute approximate surface area is 193 Å². The van der Waals surface area contributed by atoms with Crippen LogP contribution in [0.4, 0.5) is 0 Å². The van der Waals surface area contributed by atoms with E-state index in [1.807, 2.05) is 24.3 Å². The molecular formula is C24H20INO5. The largest absolute Gasteiger partial charge is 0.493 e. The van der Waals surface area contributed by atoms with Crippen LogP contribution >= 0.6 is 22.6 Å². The van der Waals surface area contributed by atoms with Gasteiger partial charge in [0.2, 0.25) is 0 Å². The number of nitrogens with one attached hydrogen (secondary N) is 1. The monoisotopic (exact) mass is 529 g/mol. The summed E-state index contributed by atoms with van der Waals surface area (Å²) in [5, 5.41) is 11.9. The van der Waals surface area contributed by atoms with Gasteiger partial charge in [0.25, 0.3) is 5.91 Å². The van der Waals surface area contributed by atoms with Crippen LogP contribution in [0.5, 0.6) is 11.5 Å². The van der Waals surface area contributed by atoms with E-state index in [4.69, 9.17) is 9.47 Å². The lowest BCUT2D eigenvalue weighted by atomic mass is 10.1. The zero-order valence-electron chi connectivity index (χ0n) is 16.7. The molecule has 0 saturated carbocycles. The van der Waals surface area contributed by atoms with Crippen LogP contribution in [0.2, 0.25) is 0 Å². The van der Waals surface area contributed by atoms with Gasteiger partial charge in [0.05, 0.1) is 7.11 Å². The zero-order chi connectivity index (χ0) is 22.2. The number of rotatable bonds is 8. The molecule has 0 aliphatic rings. The lowest BCUT2D eigenvalue weighted by Crippen LogP contribution is -2.27. The van der Waals surface area contributed by atoms with Crippen LogP contribution in [0.15, 0.2) is 78.5 Å². The van der Waals surface area contributed by atoms with Crippen LogP contribution in [0.3, 0.4) is 0 Å². The van der Waals surface area contributed by atoms with E-state index in [9.17, 15) is 14.7 Å². The Balaban J connectivity index is 1.78. The normalized spacial score (nSPS) is 11.0. The van der Waals surface area contributed by atoms with Gasteiger partial charge in [0.15, 0.2) is 11.5 Å². The topological polar surface area (TPSA) is 84.9 Å². The van der Waals surface area contributed by atoms with E-state index in [1.165, 1.54) is 13.2 Å². The predicted molar refractivity (Wildman–Crippen MR) is 126 cm³/mol. The zero-order valence-corrected chi connectivity index (χ0v) is 18.8. The third kappa shape index (κ3) is 6.32. The molecule has 31 heavy (non-hydrogen) atoms. The van der Waals surface area contributed by atoms with Gasteiger partial charge in [-0.1, -0.05) is 36.4 Å². The molecule has 3 rings (SSSR count). The van der Waals surface area contributed by atoms with E-state index < -0.39 is 11.9 Å². The number of benzene rings is 3.